The maximum Gasteiger partial charge on any atom is 0.127 e. The van der Waals surface area contributed by atoms with Crippen molar-refractivity contribution in [1.82, 2.24) is 0 Å². The van der Waals surface area contributed by atoms with Crippen LogP contribution in [0, 0.1) is 0 Å². The zero-order valence-electron chi connectivity index (χ0n) is 18.2. The van der Waals surface area contributed by atoms with Gasteiger partial charge in [-0.3, -0.25) is 0 Å². The number of rotatable bonds is 7. The molecule has 0 unspecified atom stereocenters. The Labute approximate surface area is 183 Å². The van der Waals surface area contributed by atoms with Gasteiger partial charge in [0.15, 0.2) is 0 Å². The molecule has 0 saturated carbocycles. The van der Waals surface area contributed by atoms with Crippen molar-refractivity contribution in [2.45, 2.75) is 33.1 Å². The van der Waals surface area contributed by atoms with Crippen LogP contribution in [0.25, 0.3) is 21.5 Å². The monoisotopic (exact) mass is 418 g/mol. The molecule has 0 aliphatic rings. The van der Waals surface area contributed by atoms with Gasteiger partial charge < -0.3 is 19.7 Å². The number of benzene rings is 4. The predicted molar refractivity (Wildman–Crippen MR) is 127 cm³/mol. The summed E-state index contributed by atoms with van der Waals surface area (Å²) >= 11 is 0. The Morgan fingerprint density at radius 2 is 1.00 bits per heavy atom. The van der Waals surface area contributed by atoms with Gasteiger partial charge in [-0.2, -0.15) is 0 Å². The van der Waals surface area contributed by atoms with E-state index >= 15 is 0 Å². The highest BCUT2D eigenvalue weighted by molar-refractivity contribution is 5.93. The molecule has 4 aromatic rings. The first kappa shape index (κ1) is 22.3. The third-order valence-electron chi connectivity index (χ3n) is 4.94. The van der Waals surface area contributed by atoms with Gasteiger partial charge in [0.2, 0.25) is 0 Å². The second-order valence-electron chi connectivity index (χ2n) is 7.31. The number of hydrogen-bond acceptors (Lipinski definition) is 4. The minimum absolute atomic E-state index is 0.300. The van der Waals surface area contributed by atoms with Crippen molar-refractivity contribution < 1.29 is 19.7 Å². The van der Waals surface area contributed by atoms with Crippen LogP contribution in [-0.4, -0.2) is 23.4 Å². The van der Waals surface area contributed by atoms with Crippen LogP contribution in [0.2, 0.25) is 0 Å². The lowest BCUT2D eigenvalue weighted by Crippen LogP contribution is -1.96. The molecule has 31 heavy (non-hydrogen) atoms. The number of hydrogen-bond donors (Lipinski definition) is 2. The normalized spacial score (nSPS) is 10.5. The molecule has 0 amide bonds. The molecule has 0 radical (unpaired) electrons. The lowest BCUT2D eigenvalue weighted by molar-refractivity contribution is 0.312. The van der Waals surface area contributed by atoms with Crippen LogP contribution < -0.4 is 9.47 Å². The quantitative estimate of drug-likeness (QED) is 0.315. The van der Waals surface area contributed by atoms with E-state index in [9.17, 15) is 10.2 Å². The van der Waals surface area contributed by atoms with Crippen LogP contribution >= 0.6 is 0 Å². The Balaban J connectivity index is 0.000000176. The lowest BCUT2D eigenvalue weighted by atomic mass is 10.1. The smallest absolute Gasteiger partial charge is 0.127 e. The molecule has 162 valence electrons. The maximum absolute atomic E-state index is 9.71. The topological polar surface area (TPSA) is 58.9 Å². The van der Waals surface area contributed by atoms with Crippen LogP contribution in [-0.2, 0) is 0 Å². The minimum atomic E-state index is 0.300. The van der Waals surface area contributed by atoms with Crippen molar-refractivity contribution in [2.24, 2.45) is 0 Å². The maximum atomic E-state index is 9.71. The van der Waals surface area contributed by atoms with Crippen molar-refractivity contribution >= 4 is 21.5 Å². The molecule has 4 aromatic carbocycles. The lowest BCUT2D eigenvalue weighted by Gasteiger charge is -2.09. The molecule has 4 heteroatoms. The zero-order valence-corrected chi connectivity index (χ0v) is 18.2. The van der Waals surface area contributed by atoms with Crippen LogP contribution in [0.15, 0.2) is 72.8 Å². The van der Waals surface area contributed by atoms with E-state index in [1.807, 2.05) is 60.7 Å². The van der Waals surface area contributed by atoms with E-state index in [1.54, 1.807) is 12.1 Å². The highest BCUT2D eigenvalue weighted by Crippen LogP contribution is 2.33. The number of ether oxygens (including phenoxy) is 2. The van der Waals surface area contributed by atoms with Crippen molar-refractivity contribution in [2.75, 3.05) is 13.2 Å². The second kappa shape index (κ2) is 11.1. The molecule has 0 bridgehead atoms. The predicted octanol–water partition coefficient (Wildman–Crippen LogP) is 7.06. The molecule has 0 aliphatic carbocycles. The van der Waals surface area contributed by atoms with Crippen molar-refractivity contribution in [3.8, 4) is 23.0 Å². The number of phenolic OH excluding ortho intramolecular Hbond substituents is 2. The molecule has 0 atom stereocenters. The number of aromatic hydroxyl groups is 2. The largest absolute Gasteiger partial charge is 0.507 e. The van der Waals surface area contributed by atoms with Crippen LogP contribution in [0.5, 0.6) is 23.0 Å². The fraction of sp³-hybridized carbons (Fsp3) is 0.259. The van der Waals surface area contributed by atoms with Crippen molar-refractivity contribution in [1.29, 1.82) is 0 Å². The van der Waals surface area contributed by atoms with E-state index in [-0.39, 0.29) is 0 Å². The van der Waals surface area contributed by atoms with Gasteiger partial charge in [0, 0.05) is 21.5 Å². The van der Waals surface area contributed by atoms with E-state index in [4.69, 9.17) is 9.47 Å². The summed E-state index contributed by atoms with van der Waals surface area (Å²) in [6.45, 7) is 5.64. The van der Waals surface area contributed by atoms with Gasteiger partial charge >= 0.3 is 0 Å². The summed E-state index contributed by atoms with van der Waals surface area (Å²) in [6.07, 6.45) is 3.15. The van der Waals surface area contributed by atoms with Crippen LogP contribution in [0.1, 0.15) is 33.1 Å². The third kappa shape index (κ3) is 5.60. The Morgan fingerprint density at radius 3 is 1.45 bits per heavy atom. The molecule has 4 rings (SSSR count). The highest BCUT2D eigenvalue weighted by Gasteiger charge is 2.05. The first-order chi connectivity index (χ1) is 15.2. The van der Waals surface area contributed by atoms with Crippen LogP contribution in [0.4, 0.5) is 0 Å². The molecule has 0 aromatic heterocycles. The molecule has 0 fully saturated rings. The van der Waals surface area contributed by atoms with Crippen molar-refractivity contribution in [3.63, 3.8) is 0 Å². The Bertz CT molecular complexity index is 1120. The third-order valence-corrected chi connectivity index (χ3v) is 4.94. The average molecular weight is 419 g/mol. The molecule has 0 aliphatic heterocycles. The molecular weight excluding hydrogens is 388 g/mol. The molecule has 4 nitrogen and oxygen atoms in total. The summed E-state index contributed by atoms with van der Waals surface area (Å²) in [4.78, 5) is 0. The fourth-order valence-electron chi connectivity index (χ4n) is 3.30. The highest BCUT2D eigenvalue weighted by atomic mass is 16.5. The van der Waals surface area contributed by atoms with Gasteiger partial charge in [-0.15, -0.1) is 0 Å². The number of fused-ring (bicyclic) bond motifs is 2. The molecule has 0 spiro atoms. The van der Waals surface area contributed by atoms with E-state index < -0.39 is 0 Å². The van der Waals surface area contributed by atoms with Gasteiger partial charge in [0.25, 0.3) is 0 Å². The summed E-state index contributed by atoms with van der Waals surface area (Å²) in [5, 5.41) is 23.0. The summed E-state index contributed by atoms with van der Waals surface area (Å²) < 4.78 is 11.3. The van der Waals surface area contributed by atoms with Crippen LogP contribution in [0.3, 0.4) is 0 Å². The summed E-state index contributed by atoms with van der Waals surface area (Å²) in [7, 11) is 0. The molecule has 0 saturated heterocycles. The molecule has 2 N–H and O–H groups in total. The minimum Gasteiger partial charge on any atom is -0.507 e. The van der Waals surface area contributed by atoms with E-state index in [1.165, 1.54) is 0 Å². The Morgan fingerprint density at radius 1 is 0.548 bits per heavy atom. The fourth-order valence-corrected chi connectivity index (χ4v) is 3.30. The van der Waals surface area contributed by atoms with E-state index in [0.717, 1.165) is 58.9 Å². The van der Waals surface area contributed by atoms with Gasteiger partial charge in [-0.25, -0.2) is 0 Å². The summed E-state index contributed by atoms with van der Waals surface area (Å²) in [5.74, 6) is 2.29. The van der Waals surface area contributed by atoms with Gasteiger partial charge in [0.05, 0.1) is 13.2 Å². The number of unbranched alkanes of at least 4 members (excludes halogenated alkanes) is 1. The Hall–Kier alpha value is -3.40. The van der Waals surface area contributed by atoms with Gasteiger partial charge in [-0.05, 0) is 37.1 Å². The zero-order chi connectivity index (χ0) is 22.1. The van der Waals surface area contributed by atoms with Gasteiger partial charge in [0.1, 0.15) is 23.0 Å². The Kier molecular flexibility index (Phi) is 7.99. The molecule has 0 heterocycles. The first-order valence-electron chi connectivity index (χ1n) is 10.8. The summed E-state index contributed by atoms with van der Waals surface area (Å²) in [5.41, 5.74) is 0. The van der Waals surface area contributed by atoms with Gasteiger partial charge in [-0.1, -0.05) is 68.8 Å². The van der Waals surface area contributed by atoms with E-state index in [2.05, 4.69) is 13.8 Å². The average Bonchev–Trinajstić information content (AvgIpc) is 2.81. The number of phenols is 2. The second-order valence-corrected chi connectivity index (χ2v) is 7.31. The standard InChI is InChI=1S/C14H16O2.C13H14O2/c1-2-3-10-16-14-9-8-13(15)11-6-4-5-7-12(11)14;1-2-9-15-13-8-7-12(14)10-5-3-4-6-11(10)13/h4-9,15H,2-3,10H2,1H3;3-8,14H,2,9H2,1H3. The SMILES string of the molecule is CCCCOc1ccc(O)c2ccccc12.CCCOc1ccc(O)c2ccccc12. The molecular formula is C27H30O4. The van der Waals surface area contributed by atoms with E-state index in [0.29, 0.717) is 18.1 Å². The first-order valence-corrected chi connectivity index (χ1v) is 10.8. The summed E-state index contributed by atoms with van der Waals surface area (Å²) in [6, 6.07) is 22.4. The van der Waals surface area contributed by atoms with Crippen molar-refractivity contribution in [3.05, 3.63) is 72.8 Å².